The maximum atomic E-state index is 11.4. The third-order valence-corrected chi connectivity index (χ3v) is 2.87. The standard InChI is InChI=1S/C12H11NO8/c1-19-9-4-6(11(14)15)7(13(17)18)5-10(9)21-8-2-3-20-12(8)16/h4-5,8H,2-3H2,1H3,(H,14,15). The average molecular weight is 297 g/mol. The van der Waals surface area contributed by atoms with Crippen LogP contribution in [0.2, 0.25) is 0 Å². The van der Waals surface area contributed by atoms with E-state index >= 15 is 0 Å². The van der Waals surface area contributed by atoms with E-state index in [-0.39, 0.29) is 18.1 Å². The van der Waals surface area contributed by atoms with Gasteiger partial charge in [0.25, 0.3) is 5.69 Å². The van der Waals surface area contributed by atoms with Crippen LogP contribution in [0.1, 0.15) is 16.8 Å². The number of carbonyl (C=O) groups excluding carboxylic acids is 1. The zero-order chi connectivity index (χ0) is 15.6. The highest BCUT2D eigenvalue weighted by atomic mass is 16.6. The zero-order valence-corrected chi connectivity index (χ0v) is 10.9. The molecule has 0 spiro atoms. The Morgan fingerprint density at radius 2 is 2.19 bits per heavy atom. The van der Waals surface area contributed by atoms with Gasteiger partial charge in [0, 0.05) is 12.5 Å². The Hall–Kier alpha value is -2.84. The normalized spacial score (nSPS) is 17.2. The summed E-state index contributed by atoms with van der Waals surface area (Å²) < 4.78 is 15.0. The molecule has 1 aliphatic heterocycles. The molecule has 1 fully saturated rings. The molecule has 21 heavy (non-hydrogen) atoms. The Balaban J connectivity index is 2.44. The largest absolute Gasteiger partial charge is 0.493 e. The summed E-state index contributed by atoms with van der Waals surface area (Å²) in [6.45, 7) is 0.196. The van der Waals surface area contributed by atoms with Gasteiger partial charge in [0.2, 0.25) is 0 Å². The summed E-state index contributed by atoms with van der Waals surface area (Å²) in [6.07, 6.45) is -0.592. The van der Waals surface area contributed by atoms with Crippen LogP contribution < -0.4 is 9.47 Å². The van der Waals surface area contributed by atoms with Crippen LogP contribution in [0.5, 0.6) is 11.5 Å². The summed E-state index contributed by atoms with van der Waals surface area (Å²) in [4.78, 5) is 32.5. The number of rotatable bonds is 5. The van der Waals surface area contributed by atoms with E-state index in [0.29, 0.717) is 6.42 Å². The Morgan fingerprint density at radius 3 is 2.67 bits per heavy atom. The van der Waals surface area contributed by atoms with Gasteiger partial charge in [-0.25, -0.2) is 9.59 Å². The van der Waals surface area contributed by atoms with E-state index in [0.717, 1.165) is 12.1 Å². The third kappa shape index (κ3) is 2.86. The highest BCUT2D eigenvalue weighted by molar-refractivity contribution is 5.93. The number of nitro groups is 1. The van der Waals surface area contributed by atoms with Crippen LogP contribution in [0.4, 0.5) is 5.69 Å². The van der Waals surface area contributed by atoms with Crippen LogP contribution in [-0.2, 0) is 9.53 Å². The molecule has 1 atom stereocenters. The van der Waals surface area contributed by atoms with Crippen LogP contribution >= 0.6 is 0 Å². The van der Waals surface area contributed by atoms with Crippen molar-refractivity contribution in [1.29, 1.82) is 0 Å². The SMILES string of the molecule is COc1cc(C(=O)O)c([N+](=O)[O-])cc1OC1CCOC1=O. The average Bonchev–Trinajstić information content (AvgIpc) is 2.83. The van der Waals surface area contributed by atoms with E-state index in [1.165, 1.54) is 7.11 Å². The Bertz CT molecular complexity index is 612. The van der Waals surface area contributed by atoms with E-state index in [9.17, 15) is 19.7 Å². The van der Waals surface area contributed by atoms with Crippen molar-refractivity contribution in [2.24, 2.45) is 0 Å². The number of nitro benzene ring substituents is 1. The topological polar surface area (TPSA) is 125 Å². The minimum atomic E-state index is -1.47. The van der Waals surface area contributed by atoms with Crippen LogP contribution in [0, 0.1) is 10.1 Å². The molecule has 9 nitrogen and oxygen atoms in total. The molecule has 2 rings (SSSR count). The molecule has 112 valence electrons. The molecule has 0 aromatic heterocycles. The Morgan fingerprint density at radius 1 is 1.48 bits per heavy atom. The number of ether oxygens (including phenoxy) is 3. The molecule has 1 saturated heterocycles. The van der Waals surface area contributed by atoms with Crippen molar-refractivity contribution in [2.45, 2.75) is 12.5 Å². The van der Waals surface area contributed by atoms with Crippen LogP contribution in [0.15, 0.2) is 12.1 Å². The zero-order valence-electron chi connectivity index (χ0n) is 10.9. The van der Waals surface area contributed by atoms with Gasteiger partial charge in [0.1, 0.15) is 5.56 Å². The second-order valence-corrected chi connectivity index (χ2v) is 4.15. The van der Waals surface area contributed by atoms with Gasteiger partial charge in [-0.1, -0.05) is 0 Å². The lowest BCUT2D eigenvalue weighted by Crippen LogP contribution is -2.22. The fourth-order valence-electron chi connectivity index (χ4n) is 1.86. The third-order valence-electron chi connectivity index (χ3n) is 2.87. The number of methoxy groups -OCH3 is 1. The molecule has 1 aromatic carbocycles. The molecule has 9 heteroatoms. The Labute approximate surface area is 118 Å². The molecule has 0 saturated carbocycles. The number of cyclic esters (lactones) is 1. The van der Waals surface area contributed by atoms with Gasteiger partial charge in [-0.15, -0.1) is 0 Å². The summed E-state index contributed by atoms with van der Waals surface area (Å²) in [5.74, 6) is -2.15. The number of aromatic carboxylic acids is 1. The molecule has 1 aliphatic rings. The smallest absolute Gasteiger partial charge is 0.347 e. The first-order valence-corrected chi connectivity index (χ1v) is 5.87. The molecule has 0 bridgehead atoms. The van der Waals surface area contributed by atoms with Crippen molar-refractivity contribution in [3.8, 4) is 11.5 Å². The number of nitrogens with zero attached hydrogens (tertiary/aromatic N) is 1. The van der Waals surface area contributed by atoms with Crippen LogP contribution in [0.25, 0.3) is 0 Å². The van der Waals surface area contributed by atoms with Crippen molar-refractivity contribution in [3.05, 3.63) is 27.8 Å². The molecule has 1 aromatic rings. The summed E-state index contributed by atoms with van der Waals surface area (Å²) in [6, 6.07) is 1.91. The number of carboxylic acid groups (broad SMARTS) is 1. The van der Waals surface area contributed by atoms with Gasteiger partial charge in [0.05, 0.1) is 24.7 Å². The van der Waals surface area contributed by atoms with Gasteiger partial charge in [-0.05, 0) is 0 Å². The highest BCUT2D eigenvalue weighted by Gasteiger charge is 2.31. The van der Waals surface area contributed by atoms with Gasteiger partial charge >= 0.3 is 11.9 Å². The fourth-order valence-corrected chi connectivity index (χ4v) is 1.86. The summed E-state index contributed by atoms with van der Waals surface area (Å²) in [5.41, 5.74) is -1.18. The van der Waals surface area contributed by atoms with Gasteiger partial charge < -0.3 is 19.3 Å². The summed E-state index contributed by atoms with van der Waals surface area (Å²) in [5, 5.41) is 19.9. The van der Waals surface area contributed by atoms with Gasteiger partial charge in [-0.2, -0.15) is 0 Å². The summed E-state index contributed by atoms with van der Waals surface area (Å²) >= 11 is 0. The summed E-state index contributed by atoms with van der Waals surface area (Å²) in [7, 11) is 1.26. The molecule has 1 heterocycles. The Kier molecular flexibility index (Phi) is 3.92. The molecule has 1 N–H and O–H groups in total. The van der Waals surface area contributed by atoms with E-state index < -0.39 is 34.2 Å². The first kappa shape index (κ1) is 14.6. The molecule has 0 amide bonds. The van der Waals surface area contributed by atoms with Crippen LogP contribution in [-0.4, -0.2) is 41.8 Å². The van der Waals surface area contributed by atoms with Crippen molar-refractivity contribution in [3.63, 3.8) is 0 Å². The van der Waals surface area contributed by atoms with E-state index in [1.54, 1.807) is 0 Å². The van der Waals surface area contributed by atoms with E-state index in [4.69, 9.17) is 19.3 Å². The molecular weight excluding hydrogens is 286 g/mol. The molecule has 1 unspecified atom stereocenters. The highest BCUT2D eigenvalue weighted by Crippen LogP contribution is 2.36. The molecule has 0 aliphatic carbocycles. The lowest BCUT2D eigenvalue weighted by Gasteiger charge is -2.14. The predicted molar refractivity (Wildman–Crippen MR) is 66.6 cm³/mol. The monoisotopic (exact) mass is 297 g/mol. The second kappa shape index (κ2) is 5.65. The van der Waals surface area contributed by atoms with Crippen molar-refractivity contribution in [1.82, 2.24) is 0 Å². The second-order valence-electron chi connectivity index (χ2n) is 4.15. The maximum absolute atomic E-state index is 11.4. The maximum Gasteiger partial charge on any atom is 0.347 e. The molecule has 0 radical (unpaired) electrons. The van der Waals surface area contributed by atoms with E-state index in [2.05, 4.69) is 0 Å². The van der Waals surface area contributed by atoms with E-state index in [1.807, 2.05) is 0 Å². The lowest BCUT2D eigenvalue weighted by molar-refractivity contribution is -0.385. The van der Waals surface area contributed by atoms with Crippen molar-refractivity contribution in [2.75, 3.05) is 13.7 Å². The molecular formula is C12H11NO8. The number of carbonyl (C=O) groups is 2. The van der Waals surface area contributed by atoms with Gasteiger partial charge in [-0.3, -0.25) is 10.1 Å². The number of esters is 1. The van der Waals surface area contributed by atoms with Crippen molar-refractivity contribution < 1.29 is 33.8 Å². The minimum absolute atomic E-state index is 0.0160. The van der Waals surface area contributed by atoms with Gasteiger partial charge in [0.15, 0.2) is 17.6 Å². The fraction of sp³-hybridized carbons (Fsp3) is 0.333. The lowest BCUT2D eigenvalue weighted by atomic mass is 10.1. The minimum Gasteiger partial charge on any atom is -0.493 e. The predicted octanol–water partition coefficient (Wildman–Crippen LogP) is 0.996. The number of benzene rings is 1. The number of hydrogen-bond acceptors (Lipinski definition) is 7. The number of hydrogen-bond donors (Lipinski definition) is 1. The quantitative estimate of drug-likeness (QED) is 0.484. The first-order valence-electron chi connectivity index (χ1n) is 5.87. The number of carboxylic acids is 1. The van der Waals surface area contributed by atoms with Crippen LogP contribution in [0.3, 0.4) is 0 Å². The first-order chi connectivity index (χ1) is 9.93. The van der Waals surface area contributed by atoms with Crippen molar-refractivity contribution >= 4 is 17.6 Å².